The summed E-state index contributed by atoms with van der Waals surface area (Å²) in [5.74, 6) is 2.18. The van der Waals surface area contributed by atoms with Gasteiger partial charge in [-0.05, 0) is 29.8 Å². The summed E-state index contributed by atoms with van der Waals surface area (Å²) < 4.78 is 15.9. The summed E-state index contributed by atoms with van der Waals surface area (Å²) in [7, 11) is 1.59. The molecular weight excluding hydrogens is 360 g/mol. The van der Waals surface area contributed by atoms with Crippen LogP contribution >= 0.6 is 0 Å². The zero-order chi connectivity index (χ0) is 19.3. The lowest BCUT2D eigenvalue weighted by Gasteiger charge is -2.10. The molecule has 4 rings (SSSR count). The van der Waals surface area contributed by atoms with E-state index in [0.29, 0.717) is 35.3 Å². The standard InChI is InChI=1S/C20H18N4O4/c1-26-16-5-3-2-4-15(16)24-20-22-10-14(11-23-20)19(25)21-9-13-6-7-17-18(8-13)28-12-27-17/h2-8,10-11H,9,12H2,1H3,(H,21,25)(H,22,23,24). The van der Waals surface area contributed by atoms with Gasteiger partial charge >= 0.3 is 0 Å². The molecule has 8 nitrogen and oxygen atoms in total. The van der Waals surface area contributed by atoms with Crippen LogP contribution in [0.15, 0.2) is 54.9 Å². The molecule has 142 valence electrons. The molecule has 1 amide bonds. The SMILES string of the molecule is COc1ccccc1Nc1ncc(C(=O)NCc2ccc3c(c2)OCO3)cn1. The lowest BCUT2D eigenvalue weighted by molar-refractivity contribution is 0.0950. The predicted molar refractivity (Wildman–Crippen MR) is 102 cm³/mol. The number of ether oxygens (including phenoxy) is 3. The van der Waals surface area contributed by atoms with Crippen LogP contribution in [0.4, 0.5) is 11.6 Å². The van der Waals surface area contributed by atoms with Gasteiger partial charge in [0.15, 0.2) is 11.5 Å². The number of amides is 1. The van der Waals surface area contributed by atoms with E-state index < -0.39 is 0 Å². The smallest absolute Gasteiger partial charge is 0.254 e. The summed E-state index contributed by atoms with van der Waals surface area (Å²) in [5.41, 5.74) is 2.02. The van der Waals surface area contributed by atoms with Crippen molar-refractivity contribution in [3.05, 3.63) is 66.0 Å². The lowest BCUT2D eigenvalue weighted by atomic mass is 10.2. The summed E-state index contributed by atoms with van der Waals surface area (Å²) >= 11 is 0. The fourth-order valence-corrected chi connectivity index (χ4v) is 2.71. The minimum Gasteiger partial charge on any atom is -0.495 e. The monoisotopic (exact) mass is 378 g/mol. The van der Waals surface area contributed by atoms with E-state index in [2.05, 4.69) is 20.6 Å². The van der Waals surface area contributed by atoms with Gasteiger partial charge in [0.25, 0.3) is 5.91 Å². The van der Waals surface area contributed by atoms with Crippen LogP contribution in [0.2, 0.25) is 0 Å². The van der Waals surface area contributed by atoms with Crippen LogP contribution in [0.25, 0.3) is 0 Å². The number of hydrogen-bond acceptors (Lipinski definition) is 7. The van der Waals surface area contributed by atoms with Gasteiger partial charge in [-0.1, -0.05) is 18.2 Å². The molecule has 1 aliphatic heterocycles. The molecule has 3 aromatic rings. The van der Waals surface area contributed by atoms with Crippen LogP contribution in [-0.2, 0) is 6.54 Å². The Bertz CT molecular complexity index is 992. The molecule has 28 heavy (non-hydrogen) atoms. The number of benzene rings is 2. The maximum atomic E-state index is 12.3. The molecule has 1 aliphatic rings. The Morgan fingerprint density at radius 1 is 1.11 bits per heavy atom. The van der Waals surface area contributed by atoms with Crippen molar-refractivity contribution in [2.75, 3.05) is 19.2 Å². The molecular formula is C20H18N4O4. The van der Waals surface area contributed by atoms with E-state index in [1.54, 1.807) is 7.11 Å². The molecule has 0 fully saturated rings. The van der Waals surface area contributed by atoms with E-state index in [4.69, 9.17) is 14.2 Å². The number of rotatable bonds is 6. The van der Waals surface area contributed by atoms with Crippen LogP contribution in [0, 0.1) is 0 Å². The quantitative estimate of drug-likeness (QED) is 0.681. The fraction of sp³-hybridized carbons (Fsp3) is 0.150. The molecule has 0 aliphatic carbocycles. The van der Waals surface area contributed by atoms with Gasteiger partial charge in [-0.2, -0.15) is 0 Å². The fourth-order valence-electron chi connectivity index (χ4n) is 2.71. The number of carbonyl (C=O) groups is 1. The van der Waals surface area contributed by atoms with Gasteiger partial charge < -0.3 is 24.8 Å². The van der Waals surface area contributed by atoms with Crippen molar-refractivity contribution in [3.63, 3.8) is 0 Å². The maximum absolute atomic E-state index is 12.3. The molecule has 0 bridgehead atoms. The van der Waals surface area contributed by atoms with Crippen molar-refractivity contribution < 1.29 is 19.0 Å². The van der Waals surface area contributed by atoms with Gasteiger partial charge in [-0.25, -0.2) is 9.97 Å². The first-order chi connectivity index (χ1) is 13.7. The molecule has 2 heterocycles. The van der Waals surface area contributed by atoms with E-state index in [1.165, 1.54) is 12.4 Å². The predicted octanol–water partition coefficient (Wildman–Crippen LogP) is 2.89. The number of methoxy groups -OCH3 is 1. The molecule has 2 N–H and O–H groups in total. The maximum Gasteiger partial charge on any atom is 0.254 e. The average Bonchev–Trinajstić information content (AvgIpc) is 3.21. The second kappa shape index (κ2) is 7.83. The zero-order valence-electron chi connectivity index (χ0n) is 15.1. The third-order valence-corrected chi connectivity index (χ3v) is 4.16. The van der Waals surface area contributed by atoms with Crippen LogP contribution in [0.5, 0.6) is 17.2 Å². The van der Waals surface area contributed by atoms with Gasteiger partial charge in [0.05, 0.1) is 18.4 Å². The van der Waals surface area contributed by atoms with Crippen LogP contribution in [0.1, 0.15) is 15.9 Å². The highest BCUT2D eigenvalue weighted by atomic mass is 16.7. The normalized spacial score (nSPS) is 11.8. The molecule has 1 aromatic heterocycles. The van der Waals surface area contributed by atoms with Crippen molar-refractivity contribution in [1.29, 1.82) is 0 Å². The third-order valence-electron chi connectivity index (χ3n) is 4.16. The Kier molecular flexibility index (Phi) is 4.92. The second-order valence-electron chi connectivity index (χ2n) is 5.99. The van der Waals surface area contributed by atoms with Crippen molar-refractivity contribution in [2.45, 2.75) is 6.54 Å². The largest absolute Gasteiger partial charge is 0.495 e. The highest BCUT2D eigenvalue weighted by Crippen LogP contribution is 2.32. The van der Waals surface area contributed by atoms with E-state index in [-0.39, 0.29) is 12.7 Å². The third kappa shape index (κ3) is 3.80. The van der Waals surface area contributed by atoms with Crippen molar-refractivity contribution in [1.82, 2.24) is 15.3 Å². The van der Waals surface area contributed by atoms with E-state index in [1.807, 2.05) is 42.5 Å². The zero-order valence-corrected chi connectivity index (χ0v) is 15.1. The van der Waals surface area contributed by atoms with Gasteiger partial charge in [0, 0.05) is 18.9 Å². The Labute approximate surface area is 161 Å². The van der Waals surface area contributed by atoms with E-state index >= 15 is 0 Å². The average molecular weight is 378 g/mol. The van der Waals surface area contributed by atoms with Gasteiger partial charge in [0.2, 0.25) is 12.7 Å². The Morgan fingerprint density at radius 2 is 1.89 bits per heavy atom. The molecule has 8 heteroatoms. The number of hydrogen-bond donors (Lipinski definition) is 2. The number of nitrogens with one attached hydrogen (secondary N) is 2. The minimum atomic E-state index is -0.262. The Balaban J connectivity index is 1.37. The number of carbonyl (C=O) groups excluding carboxylic acids is 1. The number of aromatic nitrogens is 2. The lowest BCUT2D eigenvalue weighted by Crippen LogP contribution is -2.23. The Morgan fingerprint density at radius 3 is 2.71 bits per heavy atom. The van der Waals surface area contributed by atoms with Crippen molar-refractivity contribution in [3.8, 4) is 17.2 Å². The summed E-state index contributed by atoms with van der Waals surface area (Å²) in [6, 6.07) is 13.0. The van der Waals surface area contributed by atoms with E-state index in [0.717, 1.165) is 11.3 Å². The first-order valence-corrected chi connectivity index (χ1v) is 8.62. The van der Waals surface area contributed by atoms with Crippen molar-refractivity contribution >= 4 is 17.5 Å². The summed E-state index contributed by atoms with van der Waals surface area (Å²) in [6.45, 7) is 0.578. The first kappa shape index (κ1) is 17.6. The van der Waals surface area contributed by atoms with Crippen LogP contribution in [0.3, 0.4) is 0 Å². The Hall–Kier alpha value is -3.81. The molecule has 0 saturated carbocycles. The van der Waals surface area contributed by atoms with Crippen molar-refractivity contribution in [2.24, 2.45) is 0 Å². The minimum absolute atomic E-state index is 0.220. The van der Waals surface area contributed by atoms with Gasteiger partial charge in [-0.15, -0.1) is 0 Å². The highest BCUT2D eigenvalue weighted by molar-refractivity contribution is 5.93. The molecule has 0 saturated heterocycles. The summed E-state index contributed by atoms with van der Waals surface area (Å²) in [4.78, 5) is 20.7. The number of anilines is 2. The summed E-state index contributed by atoms with van der Waals surface area (Å²) in [5, 5.41) is 5.90. The number of fused-ring (bicyclic) bond motifs is 1. The summed E-state index contributed by atoms with van der Waals surface area (Å²) in [6.07, 6.45) is 2.94. The number of para-hydroxylation sites is 2. The van der Waals surface area contributed by atoms with Crippen LogP contribution < -0.4 is 24.8 Å². The molecule has 0 atom stereocenters. The molecule has 0 radical (unpaired) electrons. The molecule has 0 unspecified atom stereocenters. The van der Waals surface area contributed by atoms with Gasteiger partial charge in [-0.3, -0.25) is 4.79 Å². The molecule has 0 spiro atoms. The number of nitrogens with zero attached hydrogens (tertiary/aromatic N) is 2. The van der Waals surface area contributed by atoms with Crippen LogP contribution in [-0.4, -0.2) is 29.8 Å². The van der Waals surface area contributed by atoms with Gasteiger partial charge in [0.1, 0.15) is 5.75 Å². The second-order valence-corrected chi connectivity index (χ2v) is 5.99. The van der Waals surface area contributed by atoms with E-state index in [9.17, 15) is 4.79 Å². The first-order valence-electron chi connectivity index (χ1n) is 8.62. The highest BCUT2D eigenvalue weighted by Gasteiger charge is 2.14. The molecule has 2 aromatic carbocycles. The topological polar surface area (TPSA) is 94.6 Å².